The third-order valence-electron chi connectivity index (χ3n) is 5.74. The van der Waals surface area contributed by atoms with Crippen molar-refractivity contribution >= 4 is 26.8 Å². The zero-order valence-corrected chi connectivity index (χ0v) is 20.0. The van der Waals surface area contributed by atoms with Crippen molar-refractivity contribution in [3.63, 3.8) is 0 Å². The van der Waals surface area contributed by atoms with Gasteiger partial charge in [0.05, 0.1) is 22.7 Å². The van der Waals surface area contributed by atoms with Crippen LogP contribution in [0.3, 0.4) is 0 Å². The smallest absolute Gasteiger partial charge is 0.335 e. The van der Waals surface area contributed by atoms with Crippen LogP contribution in [0.2, 0.25) is 0 Å². The fourth-order valence-electron chi connectivity index (χ4n) is 4.50. The Morgan fingerprint density at radius 3 is 2.50 bits per heavy atom. The van der Waals surface area contributed by atoms with E-state index in [2.05, 4.69) is 4.98 Å². The lowest BCUT2D eigenvalue weighted by Gasteiger charge is -2.37. The van der Waals surface area contributed by atoms with Crippen LogP contribution in [0.25, 0.3) is 16.9 Å². The van der Waals surface area contributed by atoms with E-state index in [1.54, 1.807) is 20.8 Å². The Morgan fingerprint density at radius 1 is 1.24 bits per heavy atom. The Kier molecular flexibility index (Phi) is 5.87. The van der Waals surface area contributed by atoms with E-state index in [4.69, 9.17) is 4.74 Å². The minimum atomic E-state index is -3.10. The number of pyridine rings is 1. The molecule has 0 amide bonds. The lowest BCUT2D eigenvalue weighted by atomic mass is 9.86. The molecule has 0 saturated carbocycles. The molecule has 1 aliphatic rings. The molecule has 3 heterocycles. The van der Waals surface area contributed by atoms with Crippen LogP contribution in [-0.4, -0.2) is 46.2 Å². The molecule has 2 aromatic heterocycles. The predicted molar refractivity (Wildman–Crippen MR) is 123 cm³/mol. The van der Waals surface area contributed by atoms with Crippen LogP contribution in [-0.2, 0) is 9.84 Å². The van der Waals surface area contributed by atoms with Gasteiger partial charge in [-0.15, -0.1) is 0 Å². The van der Waals surface area contributed by atoms with Gasteiger partial charge < -0.3 is 4.74 Å². The predicted octanol–water partition coefficient (Wildman–Crippen LogP) is 3.61. The maximum absolute atomic E-state index is 14.8. The number of ketones is 1. The van der Waals surface area contributed by atoms with E-state index in [-0.39, 0.29) is 52.4 Å². The molecular formula is C23H25F2N3O5S. The Hall–Kier alpha value is -3.08. The maximum Gasteiger partial charge on any atom is 0.335 e. The highest BCUT2D eigenvalue weighted by Crippen LogP contribution is 2.37. The number of nitrogens with zero attached hydrogens (tertiary/aromatic N) is 3. The van der Waals surface area contributed by atoms with Crippen molar-refractivity contribution in [3.05, 3.63) is 52.3 Å². The summed E-state index contributed by atoms with van der Waals surface area (Å²) in [5, 5.41) is 0. The van der Waals surface area contributed by atoms with Gasteiger partial charge in [-0.1, -0.05) is 6.92 Å². The Bertz CT molecular complexity index is 1450. The number of benzene rings is 1. The summed E-state index contributed by atoms with van der Waals surface area (Å²) in [5.41, 5.74) is -0.701. The van der Waals surface area contributed by atoms with Gasteiger partial charge in [0.15, 0.2) is 21.3 Å². The number of carbonyl (C=O) groups is 1. The first-order valence-electron chi connectivity index (χ1n) is 10.8. The number of hydrogen-bond acceptors (Lipinski definition) is 6. The number of halogens is 2. The van der Waals surface area contributed by atoms with Crippen LogP contribution in [0.5, 0.6) is 5.75 Å². The van der Waals surface area contributed by atoms with E-state index >= 15 is 0 Å². The highest BCUT2D eigenvalue weighted by atomic mass is 32.2. The van der Waals surface area contributed by atoms with Gasteiger partial charge in [0.2, 0.25) is 6.36 Å². The van der Waals surface area contributed by atoms with Crippen molar-refractivity contribution in [1.82, 2.24) is 14.1 Å². The van der Waals surface area contributed by atoms with Gasteiger partial charge in [-0.25, -0.2) is 31.5 Å². The molecule has 3 aromatic rings. The molecule has 11 heteroatoms. The first kappa shape index (κ1) is 24.1. The van der Waals surface area contributed by atoms with E-state index in [0.717, 1.165) is 10.6 Å². The average molecular weight is 494 g/mol. The van der Waals surface area contributed by atoms with Gasteiger partial charge in [0.1, 0.15) is 11.6 Å². The van der Waals surface area contributed by atoms with Gasteiger partial charge in [0.25, 0.3) is 0 Å². The van der Waals surface area contributed by atoms with Crippen molar-refractivity contribution in [1.29, 1.82) is 0 Å². The van der Waals surface area contributed by atoms with Crippen LogP contribution in [0, 0.1) is 11.2 Å². The third-order valence-corrected chi connectivity index (χ3v) is 8.01. The number of sulfone groups is 1. The summed E-state index contributed by atoms with van der Waals surface area (Å²) in [7, 11) is -3.10. The van der Waals surface area contributed by atoms with E-state index < -0.39 is 33.1 Å². The molecule has 0 radical (unpaired) electrons. The normalized spacial score (nSPS) is 17.5. The molecule has 34 heavy (non-hydrogen) atoms. The standard InChI is InChI=1S/C23H25F2N3O5S/c1-13(2)27-19-7-15(20(29)9-23(4)11-34(31,32)12-23)10-26-21(19)28(22(27)30)18-8-16(33-14(3)24)5-6-17(18)25/h5-8,10,13-14H,9,11-12H2,1-4H3. The fourth-order valence-corrected chi connectivity index (χ4v) is 6.74. The number of fused-ring (bicyclic) bond motifs is 1. The molecular weight excluding hydrogens is 468 g/mol. The molecule has 1 saturated heterocycles. The van der Waals surface area contributed by atoms with Crippen molar-refractivity contribution in [2.24, 2.45) is 5.41 Å². The summed E-state index contributed by atoms with van der Waals surface area (Å²) in [6, 6.07) is 4.72. The maximum atomic E-state index is 14.8. The van der Waals surface area contributed by atoms with Gasteiger partial charge in [-0.05, 0) is 32.0 Å². The van der Waals surface area contributed by atoms with Crippen molar-refractivity contribution in [2.75, 3.05) is 11.5 Å². The van der Waals surface area contributed by atoms with E-state index in [0.29, 0.717) is 5.52 Å². The van der Waals surface area contributed by atoms with Crippen molar-refractivity contribution in [2.45, 2.75) is 46.5 Å². The number of hydrogen-bond donors (Lipinski definition) is 0. The number of ether oxygens (including phenoxy) is 1. The Morgan fingerprint density at radius 2 is 1.91 bits per heavy atom. The molecule has 0 N–H and O–H groups in total. The molecule has 1 aliphatic heterocycles. The van der Waals surface area contributed by atoms with E-state index in [1.165, 1.54) is 35.9 Å². The molecule has 1 aromatic carbocycles. The third kappa shape index (κ3) is 4.36. The van der Waals surface area contributed by atoms with Crippen LogP contribution < -0.4 is 10.4 Å². The number of carbonyl (C=O) groups excluding carboxylic acids is 1. The Labute approximate surface area is 195 Å². The highest BCUT2D eigenvalue weighted by Gasteiger charge is 2.45. The van der Waals surface area contributed by atoms with Crippen LogP contribution in [0.4, 0.5) is 8.78 Å². The molecule has 182 valence electrons. The number of imidazole rings is 1. The summed E-state index contributed by atoms with van der Waals surface area (Å²) in [4.78, 5) is 30.5. The molecule has 0 bridgehead atoms. The first-order chi connectivity index (χ1) is 15.8. The first-order valence-corrected chi connectivity index (χ1v) is 12.6. The molecule has 0 spiro atoms. The van der Waals surface area contributed by atoms with Gasteiger partial charge in [0, 0.05) is 42.6 Å². The molecule has 8 nitrogen and oxygen atoms in total. The second-order valence-corrected chi connectivity index (χ2v) is 11.4. The summed E-state index contributed by atoms with van der Waals surface area (Å²) < 4.78 is 58.7. The van der Waals surface area contributed by atoms with Crippen LogP contribution in [0.15, 0.2) is 35.3 Å². The lowest BCUT2D eigenvalue weighted by molar-refractivity contribution is 0.0859. The second kappa shape index (κ2) is 8.30. The molecule has 0 aliphatic carbocycles. The van der Waals surface area contributed by atoms with Gasteiger partial charge >= 0.3 is 5.69 Å². The van der Waals surface area contributed by atoms with Crippen LogP contribution in [0.1, 0.15) is 50.5 Å². The van der Waals surface area contributed by atoms with E-state index in [1.807, 2.05) is 0 Å². The molecule has 1 unspecified atom stereocenters. The molecule has 1 fully saturated rings. The average Bonchev–Trinajstić information content (AvgIpc) is 2.98. The zero-order chi connectivity index (χ0) is 25.0. The quantitative estimate of drug-likeness (QED) is 0.466. The molecule has 1 atom stereocenters. The SMILES string of the molecule is CC(F)Oc1ccc(F)c(-n2c(=O)n(C(C)C)c3cc(C(=O)CC4(C)CS(=O)(=O)C4)cnc32)c1. The van der Waals surface area contributed by atoms with Crippen molar-refractivity contribution < 1.29 is 26.7 Å². The fraction of sp³-hybridized carbons (Fsp3) is 0.435. The number of Topliss-reactive ketones (excluding diaryl/α,β-unsaturated/α-hetero) is 1. The monoisotopic (exact) mass is 493 g/mol. The zero-order valence-electron chi connectivity index (χ0n) is 19.2. The topological polar surface area (TPSA) is 100 Å². The number of aromatic nitrogens is 3. The van der Waals surface area contributed by atoms with E-state index in [9.17, 15) is 26.8 Å². The van der Waals surface area contributed by atoms with Crippen LogP contribution >= 0.6 is 0 Å². The largest absolute Gasteiger partial charge is 0.461 e. The summed E-state index contributed by atoms with van der Waals surface area (Å²) >= 11 is 0. The summed E-state index contributed by atoms with van der Waals surface area (Å²) in [6.07, 6.45) is -0.309. The summed E-state index contributed by atoms with van der Waals surface area (Å²) in [6.45, 7) is 6.45. The Balaban J connectivity index is 1.81. The minimum Gasteiger partial charge on any atom is -0.461 e. The number of rotatable bonds is 7. The number of alkyl halides is 1. The minimum absolute atomic E-state index is 0.0292. The molecule has 4 rings (SSSR count). The van der Waals surface area contributed by atoms with Crippen molar-refractivity contribution in [3.8, 4) is 11.4 Å². The highest BCUT2D eigenvalue weighted by molar-refractivity contribution is 7.92. The lowest BCUT2D eigenvalue weighted by Crippen LogP contribution is -2.47. The van der Waals surface area contributed by atoms with Gasteiger partial charge in [-0.3, -0.25) is 9.36 Å². The summed E-state index contributed by atoms with van der Waals surface area (Å²) in [5.74, 6) is -1.09. The second-order valence-electron chi connectivity index (χ2n) is 9.37. The van der Waals surface area contributed by atoms with Gasteiger partial charge in [-0.2, -0.15) is 0 Å².